The van der Waals surface area contributed by atoms with E-state index >= 15 is 0 Å². The summed E-state index contributed by atoms with van der Waals surface area (Å²) >= 11 is 11.8. The molecule has 25 heavy (non-hydrogen) atoms. The number of ether oxygens (including phenoxy) is 2. The van der Waals surface area contributed by atoms with Gasteiger partial charge in [0.2, 0.25) is 0 Å². The fraction of sp³-hybridized carbons (Fsp3) is 0.529. The Labute approximate surface area is 157 Å². The van der Waals surface area contributed by atoms with E-state index in [1.165, 1.54) is 0 Å². The van der Waals surface area contributed by atoms with Crippen molar-refractivity contribution in [2.45, 2.75) is 43.5 Å². The first-order valence-electron chi connectivity index (χ1n) is 8.04. The lowest BCUT2D eigenvalue weighted by atomic mass is 9.92. The van der Waals surface area contributed by atoms with Crippen molar-refractivity contribution in [2.75, 3.05) is 13.2 Å². The van der Waals surface area contributed by atoms with Crippen LogP contribution in [0, 0.1) is 0 Å². The van der Waals surface area contributed by atoms with E-state index in [-0.39, 0.29) is 13.0 Å². The first kappa shape index (κ1) is 21.4. The molecule has 1 rings (SSSR count). The third kappa shape index (κ3) is 6.29. The molecule has 1 unspecified atom stereocenters. The molecule has 0 aromatic heterocycles. The summed E-state index contributed by atoms with van der Waals surface area (Å²) < 4.78 is 10.3. The van der Waals surface area contributed by atoms with E-state index in [4.69, 9.17) is 32.7 Å². The van der Waals surface area contributed by atoms with Gasteiger partial charge in [-0.25, -0.2) is 9.59 Å². The molecule has 1 amide bonds. The number of carbonyl (C=O) groups excluding carboxylic acids is 1. The Morgan fingerprint density at radius 2 is 1.88 bits per heavy atom. The smallest absolute Gasteiger partial charge is 0.408 e. The summed E-state index contributed by atoms with van der Waals surface area (Å²) in [5.41, 5.74) is -1.27. The molecular weight excluding hydrogens is 369 g/mol. The zero-order valence-corrected chi connectivity index (χ0v) is 15.8. The van der Waals surface area contributed by atoms with Gasteiger partial charge in [0, 0.05) is 6.42 Å². The quantitative estimate of drug-likeness (QED) is 0.468. The summed E-state index contributed by atoms with van der Waals surface area (Å²) in [6.45, 7) is 4.40. The fourth-order valence-electron chi connectivity index (χ4n) is 2.11. The Kier molecular flexibility index (Phi) is 8.86. The van der Waals surface area contributed by atoms with Gasteiger partial charge in [-0.05, 0) is 31.0 Å². The first-order valence-corrected chi connectivity index (χ1v) is 8.91. The largest absolute Gasteiger partial charge is 0.494 e. The van der Waals surface area contributed by atoms with E-state index in [1.807, 2.05) is 0 Å². The molecule has 0 aliphatic heterocycles. The van der Waals surface area contributed by atoms with E-state index < -0.39 is 22.4 Å². The highest BCUT2D eigenvalue weighted by Crippen LogP contribution is 2.27. The average Bonchev–Trinajstić information content (AvgIpc) is 2.55. The van der Waals surface area contributed by atoms with Gasteiger partial charge in [-0.2, -0.15) is 0 Å². The lowest BCUT2D eigenvalue weighted by Gasteiger charge is -2.31. The van der Waals surface area contributed by atoms with Gasteiger partial charge in [0.05, 0.1) is 13.2 Å². The molecule has 8 heteroatoms. The highest BCUT2D eigenvalue weighted by Gasteiger charge is 2.46. The van der Waals surface area contributed by atoms with Crippen molar-refractivity contribution in [2.24, 2.45) is 0 Å². The minimum Gasteiger partial charge on any atom is -0.494 e. The molecule has 0 spiro atoms. The van der Waals surface area contributed by atoms with E-state index in [0.717, 1.165) is 12.8 Å². The maximum atomic E-state index is 11.8. The maximum absolute atomic E-state index is 11.8. The lowest BCUT2D eigenvalue weighted by Crippen LogP contribution is -2.60. The van der Waals surface area contributed by atoms with Crippen molar-refractivity contribution in [3.8, 4) is 5.75 Å². The number of alkyl carbamates (subject to hydrolysis) is 1. The molecule has 2 N–H and O–H groups in total. The Balaban J connectivity index is 2.93. The molecule has 1 aromatic carbocycles. The van der Waals surface area contributed by atoms with E-state index in [9.17, 15) is 14.7 Å². The van der Waals surface area contributed by atoms with Crippen molar-refractivity contribution in [3.63, 3.8) is 0 Å². The molecule has 0 radical (unpaired) electrons. The number of halogens is 2. The van der Waals surface area contributed by atoms with Crippen LogP contribution in [0.2, 0.25) is 0 Å². The third-order valence-corrected chi connectivity index (χ3v) is 4.27. The fourth-order valence-corrected chi connectivity index (χ4v) is 2.56. The summed E-state index contributed by atoms with van der Waals surface area (Å²) in [6, 6.07) is 6.89. The topological polar surface area (TPSA) is 84.9 Å². The Hall–Kier alpha value is -1.66. The number of carboxylic acid groups (broad SMARTS) is 1. The molecule has 1 aromatic rings. The minimum atomic E-state index is -1.90. The van der Waals surface area contributed by atoms with Gasteiger partial charge in [-0.15, -0.1) is 23.2 Å². The summed E-state index contributed by atoms with van der Waals surface area (Å²) in [6.07, 6.45) is 0.989. The number of carbonyl (C=O) groups is 2. The number of unbranched alkanes of at least 4 members (excludes halogenated alkanes) is 1. The van der Waals surface area contributed by atoms with Crippen LogP contribution in [0.15, 0.2) is 24.3 Å². The molecular formula is C17H23Cl2NO5. The zero-order valence-electron chi connectivity index (χ0n) is 14.3. The van der Waals surface area contributed by atoms with Gasteiger partial charge in [-0.1, -0.05) is 25.5 Å². The van der Waals surface area contributed by atoms with Crippen molar-refractivity contribution in [3.05, 3.63) is 29.8 Å². The predicted octanol–water partition coefficient (Wildman–Crippen LogP) is 3.78. The standard InChI is InChI=1S/C17H23Cl2NO5/c1-3-5-10-25-13-8-6-12(7-9-13)11-17(14(18)19,15(21)22)20-16(23)24-4-2/h6-9,14H,3-5,10-11H2,1-2H3,(H,20,23)(H,21,22). The number of nitrogens with one attached hydrogen (secondary N) is 1. The number of hydrogen-bond acceptors (Lipinski definition) is 4. The average molecular weight is 392 g/mol. The highest BCUT2D eigenvalue weighted by molar-refractivity contribution is 6.46. The van der Waals surface area contributed by atoms with E-state index in [0.29, 0.717) is 17.9 Å². The highest BCUT2D eigenvalue weighted by atomic mass is 35.5. The van der Waals surface area contributed by atoms with Gasteiger partial charge in [-0.3, -0.25) is 0 Å². The van der Waals surface area contributed by atoms with Gasteiger partial charge in [0.1, 0.15) is 10.6 Å². The zero-order chi connectivity index (χ0) is 18.9. The van der Waals surface area contributed by atoms with Crippen LogP contribution in [0.25, 0.3) is 0 Å². The number of alkyl halides is 2. The van der Waals surface area contributed by atoms with E-state index in [1.54, 1.807) is 31.2 Å². The van der Waals surface area contributed by atoms with Gasteiger partial charge in [0.15, 0.2) is 5.54 Å². The normalized spacial score (nSPS) is 13.2. The molecule has 0 saturated carbocycles. The molecule has 1 atom stereocenters. The van der Waals surface area contributed by atoms with Crippen LogP contribution in [0.4, 0.5) is 4.79 Å². The minimum absolute atomic E-state index is 0.0978. The van der Waals surface area contributed by atoms with Crippen molar-refractivity contribution >= 4 is 35.3 Å². The predicted molar refractivity (Wildman–Crippen MR) is 96.6 cm³/mol. The number of aliphatic carboxylic acids is 1. The van der Waals surface area contributed by atoms with Crippen LogP contribution in [-0.2, 0) is 16.0 Å². The van der Waals surface area contributed by atoms with E-state index in [2.05, 4.69) is 12.2 Å². The first-order chi connectivity index (χ1) is 11.9. The van der Waals surface area contributed by atoms with Crippen molar-refractivity contribution in [1.82, 2.24) is 5.32 Å². The number of amides is 1. The summed E-state index contributed by atoms with van der Waals surface area (Å²) in [7, 11) is 0. The third-order valence-electron chi connectivity index (χ3n) is 3.53. The second-order valence-electron chi connectivity index (χ2n) is 5.45. The molecule has 0 aliphatic rings. The Morgan fingerprint density at radius 3 is 2.36 bits per heavy atom. The molecule has 0 saturated heterocycles. The summed E-state index contributed by atoms with van der Waals surface area (Å²) in [4.78, 5) is 22.1. The second kappa shape index (κ2) is 10.4. The monoisotopic (exact) mass is 391 g/mol. The molecule has 0 bridgehead atoms. The van der Waals surface area contributed by atoms with Crippen LogP contribution < -0.4 is 10.1 Å². The number of carboxylic acids is 1. The van der Waals surface area contributed by atoms with Crippen molar-refractivity contribution < 1.29 is 24.2 Å². The molecule has 0 aliphatic carbocycles. The lowest BCUT2D eigenvalue weighted by molar-refractivity contribution is -0.144. The SMILES string of the molecule is CCCCOc1ccc(CC(NC(=O)OCC)(C(=O)O)C(Cl)Cl)cc1. The van der Waals surface area contributed by atoms with Crippen LogP contribution in [-0.4, -0.2) is 40.8 Å². The Bertz CT molecular complexity index is 565. The summed E-state index contributed by atoms with van der Waals surface area (Å²) in [5.74, 6) is -0.663. The van der Waals surface area contributed by atoms with Crippen LogP contribution in [0.5, 0.6) is 5.75 Å². The molecule has 140 valence electrons. The van der Waals surface area contributed by atoms with Gasteiger partial charge >= 0.3 is 12.1 Å². The Morgan fingerprint density at radius 1 is 1.24 bits per heavy atom. The van der Waals surface area contributed by atoms with Crippen LogP contribution in [0.1, 0.15) is 32.3 Å². The number of hydrogen-bond donors (Lipinski definition) is 2. The van der Waals surface area contributed by atoms with Crippen molar-refractivity contribution in [1.29, 1.82) is 0 Å². The van der Waals surface area contributed by atoms with Crippen LogP contribution >= 0.6 is 23.2 Å². The molecule has 0 fully saturated rings. The number of rotatable bonds is 10. The molecule has 0 heterocycles. The van der Waals surface area contributed by atoms with Crippen LogP contribution in [0.3, 0.4) is 0 Å². The second-order valence-corrected chi connectivity index (χ2v) is 6.54. The molecule has 6 nitrogen and oxygen atoms in total. The maximum Gasteiger partial charge on any atom is 0.408 e. The van der Waals surface area contributed by atoms with Gasteiger partial charge < -0.3 is 19.9 Å². The van der Waals surface area contributed by atoms with Gasteiger partial charge in [0.25, 0.3) is 0 Å². The number of benzene rings is 1. The summed E-state index contributed by atoms with van der Waals surface area (Å²) in [5, 5.41) is 11.9.